The number of halogens is 1. The monoisotopic (exact) mass is 281 g/mol. The summed E-state index contributed by atoms with van der Waals surface area (Å²) in [6.07, 6.45) is -0.430. The highest BCUT2D eigenvalue weighted by Gasteiger charge is 2.41. The van der Waals surface area contributed by atoms with Gasteiger partial charge in [0.15, 0.2) is 6.10 Å². The Labute approximate surface area is 116 Å². The van der Waals surface area contributed by atoms with E-state index in [4.69, 9.17) is 4.74 Å². The van der Waals surface area contributed by atoms with Crippen molar-refractivity contribution in [3.8, 4) is 0 Å². The van der Waals surface area contributed by atoms with Crippen molar-refractivity contribution in [2.75, 3.05) is 13.2 Å². The molecule has 6 heteroatoms. The van der Waals surface area contributed by atoms with Gasteiger partial charge in [-0.15, -0.1) is 0 Å². The molecule has 1 fully saturated rings. The Morgan fingerprint density at radius 1 is 1.45 bits per heavy atom. The number of hydrogen-bond donors (Lipinski definition) is 1. The summed E-state index contributed by atoms with van der Waals surface area (Å²) in [7, 11) is 0. The van der Waals surface area contributed by atoms with Crippen molar-refractivity contribution < 1.29 is 23.8 Å². The predicted molar refractivity (Wildman–Crippen MR) is 68.5 cm³/mol. The van der Waals surface area contributed by atoms with E-state index in [1.807, 2.05) is 6.92 Å². The van der Waals surface area contributed by atoms with Crippen molar-refractivity contribution in [2.24, 2.45) is 0 Å². The minimum Gasteiger partial charge on any atom is -0.479 e. The van der Waals surface area contributed by atoms with Gasteiger partial charge in [-0.1, -0.05) is 19.1 Å². The van der Waals surface area contributed by atoms with Gasteiger partial charge >= 0.3 is 5.97 Å². The van der Waals surface area contributed by atoms with Crippen molar-refractivity contribution in [1.82, 2.24) is 4.90 Å². The molecular formula is C14H16FNO4. The predicted octanol–water partition coefficient (Wildman–Crippen LogP) is 1.59. The van der Waals surface area contributed by atoms with Crippen LogP contribution < -0.4 is 0 Å². The van der Waals surface area contributed by atoms with Crippen molar-refractivity contribution in [3.63, 3.8) is 0 Å². The molecule has 1 aromatic carbocycles. The Morgan fingerprint density at radius 3 is 2.65 bits per heavy atom. The number of nitrogens with zero attached hydrogens (tertiary/aromatic N) is 1. The lowest BCUT2D eigenvalue weighted by Gasteiger charge is -2.39. The van der Waals surface area contributed by atoms with Crippen LogP contribution in [-0.2, 0) is 14.3 Å². The molecular weight excluding hydrogens is 265 g/mol. The van der Waals surface area contributed by atoms with Gasteiger partial charge in [0.2, 0.25) is 5.91 Å². The fourth-order valence-electron chi connectivity index (χ4n) is 2.38. The number of hydrogen-bond acceptors (Lipinski definition) is 3. The van der Waals surface area contributed by atoms with Crippen molar-refractivity contribution in [2.45, 2.75) is 25.5 Å². The summed E-state index contributed by atoms with van der Waals surface area (Å²) in [6, 6.07) is 4.74. The van der Waals surface area contributed by atoms with E-state index < -0.39 is 23.9 Å². The van der Waals surface area contributed by atoms with Gasteiger partial charge in [-0.2, -0.15) is 0 Å². The summed E-state index contributed by atoms with van der Waals surface area (Å²) in [5.74, 6) is -1.79. The minimum atomic E-state index is -1.13. The van der Waals surface area contributed by atoms with E-state index in [-0.39, 0.29) is 12.5 Å². The van der Waals surface area contributed by atoms with Gasteiger partial charge in [0.1, 0.15) is 12.4 Å². The molecule has 5 nitrogen and oxygen atoms in total. The molecule has 1 aliphatic rings. The molecule has 0 saturated carbocycles. The molecule has 1 amide bonds. The second kappa shape index (κ2) is 6.00. The van der Waals surface area contributed by atoms with Crippen molar-refractivity contribution >= 4 is 11.9 Å². The highest BCUT2D eigenvalue weighted by molar-refractivity contribution is 5.83. The Balaban J connectivity index is 2.39. The van der Waals surface area contributed by atoms with E-state index in [1.54, 1.807) is 0 Å². The third kappa shape index (κ3) is 2.80. The molecule has 1 aliphatic heterocycles. The maximum Gasteiger partial charge on any atom is 0.335 e. The number of rotatable bonds is 4. The molecule has 2 atom stereocenters. The highest BCUT2D eigenvalue weighted by Crippen LogP contribution is 2.30. The lowest BCUT2D eigenvalue weighted by molar-refractivity contribution is -0.173. The number of carboxylic acids is 1. The number of benzene rings is 1. The normalized spacial score (nSPS) is 22.9. The summed E-state index contributed by atoms with van der Waals surface area (Å²) in [5.41, 5.74) is 0.556. The van der Waals surface area contributed by atoms with Crippen LogP contribution >= 0.6 is 0 Å². The summed E-state index contributed by atoms with van der Waals surface area (Å²) in [5, 5.41) is 9.26. The van der Waals surface area contributed by atoms with Crippen LogP contribution in [0.15, 0.2) is 24.3 Å². The van der Waals surface area contributed by atoms with Crippen LogP contribution in [0.4, 0.5) is 4.39 Å². The topological polar surface area (TPSA) is 66.8 Å². The number of ether oxygens (including phenoxy) is 1. The number of aliphatic carboxylic acids is 1. The van der Waals surface area contributed by atoms with E-state index in [0.29, 0.717) is 18.5 Å². The Kier molecular flexibility index (Phi) is 4.34. The van der Waals surface area contributed by atoms with Crippen molar-refractivity contribution in [3.05, 3.63) is 35.6 Å². The van der Waals surface area contributed by atoms with E-state index in [0.717, 1.165) is 0 Å². The van der Waals surface area contributed by atoms with Crippen LogP contribution in [0.25, 0.3) is 0 Å². The number of amides is 1. The zero-order chi connectivity index (χ0) is 14.7. The molecule has 0 aliphatic carbocycles. The average Bonchev–Trinajstić information content (AvgIpc) is 2.42. The molecule has 0 radical (unpaired) electrons. The Bertz CT molecular complexity index is 502. The van der Waals surface area contributed by atoms with E-state index >= 15 is 0 Å². The number of morpholine rings is 1. The SMILES string of the molecule is CCCN1C(=O)COC(C(=O)O)C1c1ccc(F)cc1. The summed E-state index contributed by atoms with van der Waals surface area (Å²) >= 11 is 0. The molecule has 0 spiro atoms. The Hall–Kier alpha value is -1.95. The van der Waals surface area contributed by atoms with Gasteiger partial charge in [-0.3, -0.25) is 4.79 Å². The fraction of sp³-hybridized carbons (Fsp3) is 0.429. The van der Waals surface area contributed by atoms with Gasteiger partial charge in [0.05, 0.1) is 6.04 Å². The first-order valence-corrected chi connectivity index (χ1v) is 6.44. The Morgan fingerprint density at radius 2 is 2.10 bits per heavy atom. The van der Waals surface area contributed by atoms with Gasteiger partial charge in [0.25, 0.3) is 0 Å². The van der Waals surface area contributed by atoms with E-state index in [2.05, 4.69) is 0 Å². The van der Waals surface area contributed by atoms with Gasteiger partial charge in [-0.25, -0.2) is 9.18 Å². The first-order valence-electron chi connectivity index (χ1n) is 6.44. The lowest BCUT2D eigenvalue weighted by atomic mass is 9.97. The molecule has 0 aromatic heterocycles. The van der Waals surface area contributed by atoms with Gasteiger partial charge in [0, 0.05) is 6.54 Å². The standard InChI is InChI=1S/C14H16FNO4/c1-2-7-16-11(17)8-20-13(14(18)19)12(16)9-3-5-10(15)6-4-9/h3-6,12-13H,2,7-8H2,1H3,(H,18,19). The van der Waals surface area contributed by atoms with Crippen LogP contribution in [0.5, 0.6) is 0 Å². The number of carbonyl (C=O) groups excluding carboxylic acids is 1. The fourth-order valence-corrected chi connectivity index (χ4v) is 2.38. The summed E-state index contributed by atoms with van der Waals surface area (Å²) in [4.78, 5) is 24.8. The summed E-state index contributed by atoms with van der Waals surface area (Å²) < 4.78 is 18.1. The quantitative estimate of drug-likeness (QED) is 0.910. The maximum absolute atomic E-state index is 13.0. The third-order valence-electron chi connectivity index (χ3n) is 3.25. The molecule has 1 aromatic rings. The first-order chi connectivity index (χ1) is 9.54. The zero-order valence-electron chi connectivity index (χ0n) is 11.1. The molecule has 108 valence electrons. The van der Waals surface area contributed by atoms with E-state index in [9.17, 15) is 19.1 Å². The van der Waals surface area contributed by atoms with Gasteiger partial charge in [-0.05, 0) is 24.1 Å². The molecule has 1 saturated heterocycles. The smallest absolute Gasteiger partial charge is 0.335 e. The molecule has 1 N–H and O–H groups in total. The highest BCUT2D eigenvalue weighted by atomic mass is 19.1. The second-order valence-electron chi connectivity index (χ2n) is 4.65. The molecule has 2 rings (SSSR count). The molecule has 0 bridgehead atoms. The maximum atomic E-state index is 13.0. The molecule has 20 heavy (non-hydrogen) atoms. The number of carbonyl (C=O) groups is 2. The second-order valence-corrected chi connectivity index (χ2v) is 4.65. The van der Waals surface area contributed by atoms with Crippen LogP contribution in [-0.4, -0.2) is 41.1 Å². The van der Waals surface area contributed by atoms with Crippen molar-refractivity contribution in [1.29, 1.82) is 0 Å². The molecule has 2 unspecified atom stereocenters. The van der Waals surface area contributed by atoms with Crippen LogP contribution in [0.2, 0.25) is 0 Å². The van der Waals surface area contributed by atoms with Crippen LogP contribution in [0.1, 0.15) is 24.9 Å². The number of carboxylic acid groups (broad SMARTS) is 1. The lowest BCUT2D eigenvalue weighted by Crippen LogP contribution is -2.52. The van der Waals surface area contributed by atoms with E-state index in [1.165, 1.54) is 29.2 Å². The minimum absolute atomic E-state index is 0.241. The average molecular weight is 281 g/mol. The first kappa shape index (κ1) is 14.5. The van der Waals surface area contributed by atoms with Crippen LogP contribution in [0, 0.1) is 5.82 Å². The zero-order valence-corrected chi connectivity index (χ0v) is 11.1. The molecule has 1 heterocycles. The third-order valence-corrected chi connectivity index (χ3v) is 3.25. The van der Waals surface area contributed by atoms with Crippen LogP contribution in [0.3, 0.4) is 0 Å². The largest absolute Gasteiger partial charge is 0.479 e. The summed E-state index contributed by atoms with van der Waals surface area (Å²) in [6.45, 7) is 2.10. The van der Waals surface area contributed by atoms with Gasteiger partial charge < -0.3 is 14.7 Å².